The Bertz CT molecular complexity index is 478. The lowest BCUT2D eigenvalue weighted by Gasteiger charge is -2.31. The second-order valence-electron chi connectivity index (χ2n) is 5.04. The Morgan fingerprint density at radius 1 is 1.45 bits per heavy atom. The first-order valence-electron chi connectivity index (χ1n) is 6.76. The molecule has 20 heavy (non-hydrogen) atoms. The normalized spacial score (nSPS) is 19.9. The van der Waals surface area contributed by atoms with E-state index >= 15 is 0 Å². The van der Waals surface area contributed by atoms with E-state index in [0.717, 1.165) is 31.5 Å². The van der Waals surface area contributed by atoms with Crippen LogP contribution < -0.4 is 0 Å². The van der Waals surface area contributed by atoms with E-state index in [9.17, 15) is 9.18 Å². The van der Waals surface area contributed by atoms with E-state index in [2.05, 4.69) is 9.64 Å². The standard InChI is InChI=1S/C15H20FNO3/c1-19-12-4-3-7-17(10-12)9-11-5-6-13(14(16)8-11)15(18)20-2/h5-6,8,12H,3-4,7,9-10H2,1-2H3. The van der Waals surface area contributed by atoms with Crippen LogP contribution in [0.3, 0.4) is 0 Å². The summed E-state index contributed by atoms with van der Waals surface area (Å²) in [5.41, 5.74) is 0.830. The summed E-state index contributed by atoms with van der Waals surface area (Å²) < 4.78 is 23.7. The van der Waals surface area contributed by atoms with Crippen molar-refractivity contribution in [3.05, 3.63) is 35.1 Å². The van der Waals surface area contributed by atoms with Crippen molar-refractivity contribution in [2.24, 2.45) is 0 Å². The zero-order valence-corrected chi connectivity index (χ0v) is 11.9. The van der Waals surface area contributed by atoms with Crippen LogP contribution in [-0.2, 0) is 16.0 Å². The van der Waals surface area contributed by atoms with E-state index in [4.69, 9.17) is 4.74 Å². The molecule has 1 aliphatic rings. The lowest BCUT2D eigenvalue weighted by atomic mass is 10.1. The second-order valence-corrected chi connectivity index (χ2v) is 5.04. The highest BCUT2D eigenvalue weighted by atomic mass is 19.1. The first kappa shape index (κ1) is 14.9. The summed E-state index contributed by atoms with van der Waals surface area (Å²) in [6, 6.07) is 4.66. The van der Waals surface area contributed by atoms with E-state index in [1.165, 1.54) is 19.2 Å². The fraction of sp³-hybridized carbons (Fsp3) is 0.533. The summed E-state index contributed by atoms with van der Waals surface area (Å²) in [4.78, 5) is 13.6. The fourth-order valence-electron chi connectivity index (χ4n) is 2.54. The molecule has 0 amide bonds. The van der Waals surface area contributed by atoms with Gasteiger partial charge in [0.2, 0.25) is 0 Å². The van der Waals surface area contributed by atoms with E-state index < -0.39 is 11.8 Å². The summed E-state index contributed by atoms with van der Waals surface area (Å²) >= 11 is 0. The first-order valence-corrected chi connectivity index (χ1v) is 6.76. The average Bonchev–Trinajstić information content (AvgIpc) is 2.47. The van der Waals surface area contributed by atoms with Gasteiger partial charge in [-0.25, -0.2) is 9.18 Å². The van der Waals surface area contributed by atoms with E-state index in [1.807, 2.05) is 0 Å². The number of likely N-dealkylation sites (tertiary alicyclic amines) is 1. The third-order valence-corrected chi connectivity index (χ3v) is 3.64. The zero-order valence-electron chi connectivity index (χ0n) is 11.9. The molecule has 0 radical (unpaired) electrons. The van der Waals surface area contributed by atoms with Crippen molar-refractivity contribution in [1.82, 2.24) is 4.90 Å². The predicted octanol–water partition coefficient (Wildman–Crippen LogP) is 2.22. The van der Waals surface area contributed by atoms with Crippen LogP contribution in [-0.4, -0.2) is 44.3 Å². The topological polar surface area (TPSA) is 38.8 Å². The molecule has 0 spiro atoms. The molecule has 1 unspecified atom stereocenters. The van der Waals surface area contributed by atoms with Crippen molar-refractivity contribution in [3.63, 3.8) is 0 Å². The average molecular weight is 281 g/mol. The van der Waals surface area contributed by atoms with Crippen LogP contribution in [0.1, 0.15) is 28.8 Å². The van der Waals surface area contributed by atoms with Gasteiger partial charge < -0.3 is 9.47 Å². The van der Waals surface area contributed by atoms with Crippen LogP contribution >= 0.6 is 0 Å². The van der Waals surface area contributed by atoms with Gasteiger partial charge in [0.15, 0.2) is 0 Å². The summed E-state index contributed by atoms with van der Waals surface area (Å²) in [6.07, 6.45) is 2.41. The molecule has 0 aliphatic carbocycles. The Hall–Kier alpha value is -1.46. The maximum absolute atomic E-state index is 13.8. The molecule has 0 N–H and O–H groups in total. The van der Waals surface area contributed by atoms with Gasteiger partial charge in [-0.15, -0.1) is 0 Å². The minimum atomic E-state index is -0.647. The van der Waals surface area contributed by atoms with E-state index in [-0.39, 0.29) is 11.7 Å². The highest BCUT2D eigenvalue weighted by Crippen LogP contribution is 2.17. The van der Waals surface area contributed by atoms with Crippen LogP contribution in [0.2, 0.25) is 0 Å². The number of rotatable bonds is 4. The summed E-state index contributed by atoms with van der Waals surface area (Å²) in [5, 5.41) is 0. The molecule has 0 aromatic heterocycles. The van der Waals surface area contributed by atoms with Gasteiger partial charge in [-0.1, -0.05) is 6.07 Å². The lowest BCUT2D eigenvalue weighted by Crippen LogP contribution is -2.38. The van der Waals surface area contributed by atoms with Crippen molar-refractivity contribution < 1.29 is 18.7 Å². The second kappa shape index (κ2) is 6.81. The molecule has 0 saturated carbocycles. The van der Waals surface area contributed by atoms with Gasteiger partial charge in [-0.2, -0.15) is 0 Å². The highest BCUT2D eigenvalue weighted by molar-refractivity contribution is 5.89. The molecule has 1 heterocycles. The highest BCUT2D eigenvalue weighted by Gasteiger charge is 2.20. The number of hydrogen-bond donors (Lipinski definition) is 0. The van der Waals surface area contributed by atoms with Crippen molar-refractivity contribution in [2.45, 2.75) is 25.5 Å². The van der Waals surface area contributed by atoms with Crippen LogP contribution in [0.5, 0.6) is 0 Å². The summed E-state index contributed by atoms with van der Waals surface area (Å²) in [7, 11) is 2.97. The molecule has 1 fully saturated rings. The number of benzene rings is 1. The molecule has 1 aliphatic heterocycles. The van der Waals surface area contributed by atoms with Crippen molar-refractivity contribution in [1.29, 1.82) is 0 Å². The minimum absolute atomic E-state index is 0.0235. The van der Waals surface area contributed by atoms with Crippen molar-refractivity contribution in [2.75, 3.05) is 27.3 Å². The number of esters is 1. The van der Waals surface area contributed by atoms with Gasteiger partial charge >= 0.3 is 5.97 Å². The van der Waals surface area contributed by atoms with Gasteiger partial charge in [0.05, 0.1) is 18.8 Å². The number of ether oxygens (including phenoxy) is 2. The van der Waals surface area contributed by atoms with Gasteiger partial charge in [-0.3, -0.25) is 4.90 Å². The quantitative estimate of drug-likeness (QED) is 0.793. The summed E-state index contributed by atoms with van der Waals surface area (Å²) in [6.45, 7) is 2.51. The Kier molecular flexibility index (Phi) is 5.09. The molecule has 0 bridgehead atoms. The zero-order chi connectivity index (χ0) is 14.5. The third kappa shape index (κ3) is 3.55. The Balaban J connectivity index is 2.03. The molecular formula is C15H20FNO3. The Labute approximate surface area is 118 Å². The number of nitrogens with zero attached hydrogens (tertiary/aromatic N) is 1. The largest absolute Gasteiger partial charge is 0.465 e. The van der Waals surface area contributed by atoms with Gasteiger partial charge in [0.1, 0.15) is 5.82 Å². The molecule has 2 rings (SSSR count). The van der Waals surface area contributed by atoms with Gasteiger partial charge in [0, 0.05) is 20.2 Å². The van der Waals surface area contributed by atoms with E-state index in [0.29, 0.717) is 6.54 Å². The number of halogens is 1. The van der Waals surface area contributed by atoms with Crippen LogP contribution in [0, 0.1) is 5.82 Å². The third-order valence-electron chi connectivity index (χ3n) is 3.64. The Morgan fingerprint density at radius 3 is 2.90 bits per heavy atom. The smallest absolute Gasteiger partial charge is 0.340 e. The maximum Gasteiger partial charge on any atom is 0.340 e. The van der Waals surface area contributed by atoms with Crippen LogP contribution in [0.4, 0.5) is 4.39 Å². The molecule has 4 nitrogen and oxygen atoms in total. The molecule has 1 aromatic rings. The monoisotopic (exact) mass is 281 g/mol. The molecule has 110 valence electrons. The lowest BCUT2D eigenvalue weighted by molar-refractivity contribution is 0.0285. The van der Waals surface area contributed by atoms with Gasteiger partial charge in [-0.05, 0) is 37.1 Å². The van der Waals surface area contributed by atoms with E-state index in [1.54, 1.807) is 13.2 Å². The number of carbonyl (C=O) groups excluding carboxylic acids is 1. The van der Waals surface area contributed by atoms with Crippen LogP contribution in [0.15, 0.2) is 18.2 Å². The molecular weight excluding hydrogens is 261 g/mol. The van der Waals surface area contributed by atoms with Crippen molar-refractivity contribution >= 4 is 5.97 Å². The molecule has 5 heteroatoms. The maximum atomic E-state index is 13.8. The molecule has 1 saturated heterocycles. The Morgan fingerprint density at radius 2 is 2.25 bits per heavy atom. The number of hydrogen-bond acceptors (Lipinski definition) is 4. The van der Waals surface area contributed by atoms with Gasteiger partial charge in [0.25, 0.3) is 0 Å². The molecule has 1 atom stereocenters. The number of piperidine rings is 1. The fourth-order valence-corrected chi connectivity index (χ4v) is 2.54. The van der Waals surface area contributed by atoms with Crippen molar-refractivity contribution in [3.8, 4) is 0 Å². The number of carbonyl (C=O) groups is 1. The SMILES string of the molecule is COC(=O)c1ccc(CN2CCCC(OC)C2)cc1F. The predicted molar refractivity (Wildman–Crippen MR) is 73.0 cm³/mol. The van der Waals surface area contributed by atoms with Crippen LogP contribution in [0.25, 0.3) is 0 Å². The number of methoxy groups -OCH3 is 2. The molecule has 1 aromatic carbocycles. The summed E-state index contributed by atoms with van der Waals surface area (Å²) in [5.74, 6) is -1.18. The first-order chi connectivity index (χ1) is 9.63. The minimum Gasteiger partial charge on any atom is -0.465 e.